The highest BCUT2D eigenvalue weighted by molar-refractivity contribution is 5.92. The number of carbonyl (C=O) groups is 2. The zero-order valence-corrected chi connectivity index (χ0v) is 8.86. The topological polar surface area (TPSA) is 58.6 Å². The lowest BCUT2D eigenvalue weighted by Crippen LogP contribution is -2.53. The van der Waals surface area contributed by atoms with E-state index < -0.39 is 0 Å². The fourth-order valence-electron chi connectivity index (χ4n) is 2.07. The Labute approximate surface area is 88.8 Å². The maximum absolute atomic E-state index is 11.5. The predicted molar refractivity (Wildman–Crippen MR) is 53.1 cm³/mol. The van der Waals surface area contributed by atoms with Gasteiger partial charge in [0.25, 0.3) is 0 Å². The Kier molecular flexibility index (Phi) is 2.90. The van der Waals surface area contributed by atoms with E-state index in [1.54, 1.807) is 4.90 Å². The first-order valence-electron chi connectivity index (χ1n) is 5.33. The molecule has 0 aromatic heterocycles. The number of amides is 2. The van der Waals surface area contributed by atoms with E-state index in [1.807, 2.05) is 6.92 Å². The van der Waals surface area contributed by atoms with Crippen LogP contribution in [0.1, 0.15) is 13.3 Å². The third-order valence-corrected chi connectivity index (χ3v) is 3.11. The summed E-state index contributed by atoms with van der Waals surface area (Å²) in [6, 6.07) is 0. The molecule has 5 heteroatoms. The Morgan fingerprint density at radius 2 is 2.33 bits per heavy atom. The van der Waals surface area contributed by atoms with Gasteiger partial charge in [-0.1, -0.05) is 0 Å². The highest BCUT2D eigenvalue weighted by atomic mass is 16.5. The molecule has 5 nitrogen and oxygen atoms in total. The summed E-state index contributed by atoms with van der Waals surface area (Å²) in [6.07, 6.45) is 1.18. The molecule has 0 bridgehead atoms. The van der Waals surface area contributed by atoms with Crippen molar-refractivity contribution >= 4 is 11.8 Å². The normalized spacial score (nSPS) is 31.9. The molecule has 0 spiro atoms. The van der Waals surface area contributed by atoms with Crippen LogP contribution in [0.3, 0.4) is 0 Å². The second-order valence-corrected chi connectivity index (χ2v) is 4.18. The summed E-state index contributed by atoms with van der Waals surface area (Å²) in [7, 11) is 0. The molecule has 2 saturated heterocycles. The Hall–Kier alpha value is -1.10. The first-order valence-corrected chi connectivity index (χ1v) is 5.33. The number of nitrogens with zero attached hydrogens (tertiary/aromatic N) is 1. The van der Waals surface area contributed by atoms with Crippen molar-refractivity contribution in [2.24, 2.45) is 5.92 Å². The molecule has 1 N–H and O–H groups in total. The lowest BCUT2D eigenvalue weighted by Gasteiger charge is -2.29. The largest absolute Gasteiger partial charge is 0.378 e. The average molecular weight is 212 g/mol. The molecule has 2 fully saturated rings. The molecule has 0 aromatic carbocycles. The summed E-state index contributed by atoms with van der Waals surface area (Å²) < 4.78 is 5.43. The van der Waals surface area contributed by atoms with Gasteiger partial charge in [0, 0.05) is 19.1 Å². The smallest absolute Gasteiger partial charge is 0.242 e. The minimum atomic E-state index is -0.0684. The van der Waals surface area contributed by atoms with E-state index in [-0.39, 0.29) is 31.0 Å². The van der Waals surface area contributed by atoms with E-state index in [0.29, 0.717) is 12.5 Å². The van der Waals surface area contributed by atoms with Crippen molar-refractivity contribution < 1.29 is 14.3 Å². The van der Waals surface area contributed by atoms with Crippen molar-refractivity contribution in [1.29, 1.82) is 0 Å². The number of ether oxygens (including phenoxy) is 1. The Balaban J connectivity index is 1.92. The summed E-state index contributed by atoms with van der Waals surface area (Å²) in [5, 5.41) is 2.54. The van der Waals surface area contributed by atoms with Crippen molar-refractivity contribution in [1.82, 2.24) is 10.2 Å². The van der Waals surface area contributed by atoms with Gasteiger partial charge in [0.1, 0.15) is 0 Å². The van der Waals surface area contributed by atoms with Crippen LogP contribution >= 0.6 is 0 Å². The first-order chi connectivity index (χ1) is 7.16. The Morgan fingerprint density at radius 1 is 1.53 bits per heavy atom. The van der Waals surface area contributed by atoms with Crippen LogP contribution in [-0.2, 0) is 14.3 Å². The van der Waals surface area contributed by atoms with Crippen LogP contribution in [0.5, 0.6) is 0 Å². The van der Waals surface area contributed by atoms with Gasteiger partial charge in [0.2, 0.25) is 11.8 Å². The number of rotatable bonds is 2. The van der Waals surface area contributed by atoms with Gasteiger partial charge >= 0.3 is 0 Å². The van der Waals surface area contributed by atoms with Crippen molar-refractivity contribution in [3.05, 3.63) is 0 Å². The van der Waals surface area contributed by atoms with Crippen LogP contribution in [0.4, 0.5) is 0 Å². The zero-order chi connectivity index (χ0) is 10.8. The van der Waals surface area contributed by atoms with Crippen LogP contribution < -0.4 is 5.32 Å². The van der Waals surface area contributed by atoms with Gasteiger partial charge in [0.15, 0.2) is 0 Å². The maximum atomic E-state index is 11.5. The molecule has 2 atom stereocenters. The summed E-state index contributed by atoms with van der Waals surface area (Å²) in [5.74, 6) is 0.315. The van der Waals surface area contributed by atoms with Gasteiger partial charge < -0.3 is 15.0 Å². The molecule has 84 valence electrons. The molecular formula is C10H16N2O3. The molecule has 2 aliphatic rings. The molecule has 2 rings (SSSR count). The zero-order valence-electron chi connectivity index (χ0n) is 8.86. The SMILES string of the molecule is CC1OCCC1CN1CC(=O)NCC1=O. The molecule has 2 unspecified atom stereocenters. The molecule has 2 aliphatic heterocycles. The molecule has 0 aromatic rings. The van der Waals surface area contributed by atoms with Crippen molar-refractivity contribution in [3.8, 4) is 0 Å². The lowest BCUT2D eigenvalue weighted by molar-refractivity contribution is -0.141. The van der Waals surface area contributed by atoms with Gasteiger partial charge in [0.05, 0.1) is 19.2 Å². The van der Waals surface area contributed by atoms with E-state index in [0.717, 1.165) is 13.0 Å². The van der Waals surface area contributed by atoms with Crippen molar-refractivity contribution in [2.75, 3.05) is 26.2 Å². The van der Waals surface area contributed by atoms with Crippen LogP contribution in [0, 0.1) is 5.92 Å². The summed E-state index contributed by atoms with van der Waals surface area (Å²) >= 11 is 0. The minimum absolute atomic E-state index is 0.00806. The quantitative estimate of drug-likeness (QED) is 0.663. The molecule has 15 heavy (non-hydrogen) atoms. The van der Waals surface area contributed by atoms with Crippen molar-refractivity contribution in [3.63, 3.8) is 0 Å². The first kappa shape index (κ1) is 10.4. The van der Waals surface area contributed by atoms with Crippen LogP contribution in [-0.4, -0.2) is 49.1 Å². The van der Waals surface area contributed by atoms with E-state index in [1.165, 1.54) is 0 Å². The van der Waals surface area contributed by atoms with Gasteiger partial charge in [-0.2, -0.15) is 0 Å². The van der Waals surface area contributed by atoms with Gasteiger partial charge in [-0.05, 0) is 13.3 Å². The van der Waals surface area contributed by atoms with Crippen LogP contribution in [0.2, 0.25) is 0 Å². The maximum Gasteiger partial charge on any atom is 0.242 e. The number of hydrogen-bond acceptors (Lipinski definition) is 3. The lowest BCUT2D eigenvalue weighted by atomic mass is 10.0. The monoisotopic (exact) mass is 212 g/mol. The van der Waals surface area contributed by atoms with E-state index in [2.05, 4.69) is 5.32 Å². The minimum Gasteiger partial charge on any atom is -0.378 e. The average Bonchev–Trinajstić information content (AvgIpc) is 2.58. The molecular weight excluding hydrogens is 196 g/mol. The summed E-state index contributed by atoms with van der Waals surface area (Å²) in [4.78, 5) is 24.3. The fourth-order valence-corrected chi connectivity index (χ4v) is 2.07. The highest BCUT2D eigenvalue weighted by Crippen LogP contribution is 2.21. The second kappa shape index (κ2) is 4.18. The van der Waals surface area contributed by atoms with Gasteiger partial charge in [-0.25, -0.2) is 0 Å². The summed E-state index contributed by atoms with van der Waals surface area (Å²) in [6.45, 7) is 3.77. The standard InChI is InChI=1S/C10H16N2O3/c1-7-8(2-3-15-7)5-12-6-9(13)11-4-10(12)14/h7-8H,2-6H2,1H3,(H,11,13). The molecule has 0 radical (unpaired) electrons. The number of nitrogens with one attached hydrogen (secondary N) is 1. The molecule has 0 saturated carbocycles. The van der Waals surface area contributed by atoms with E-state index >= 15 is 0 Å². The second-order valence-electron chi connectivity index (χ2n) is 4.18. The molecule has 2 heterocycles. The van der Waals surface area contributed by atoms with E-state index in [9.17, 15) is 9.59 Å². The van der Waals surface area contributed by atoms with Crippen molar-refractivity contribution in [2.45, 2.75) is 19.4 Å². The number of hydrogen-bond donors (Lipinski definition) is 1. The van der Waals surface area contributed by atoms with Crippen LogP contribution in [0.25, 0.3) is 0 Å². The van der Waals surface area contributed by atoms with Gasteiger partial charge in [-0.15, -0.1) is 0 Å². The molecule has 2 amide bonds. The highest BCUT2D eigenvalue weighted by Gasteiger charge is 2.30. The van der Waals surface area contributed by atoms with Crippen LogP contribution in [0.15, 0.2) is 0 Å². The number of carbonyl (C=O) groups excluding carboxylic acids is 2. The Bertz CT molecular complexity index is 280. The van der Waals surface area contributed by atoms with E-state index in [4.69, 9.17) is 4.74 Å². The Morgan fingerprint density at radius 3 is 3.00 bits per heavy atom. The third-order valence-electron chi connectivity index (χ3n) is 3.11. The fraction of sp³-hybridized carbons (Fsp3) is 0.800. The predicted octanol–water partition coefficient (Wildman–Crippen LogP) is -0.630. The molecule has 0 aliphatic carbocycles. The number of piperazine rings is 1. The van der Waals surface area contributed by atoms with Gasteiger partial charge in [-0.3, -0.25) is 9.59 Å². The third kappa shape index (κ3) is 2.28. The summed E-state index contributed by atoms with van der Waals surface area (Å²) in [5.41, 5.74) is 0.